The summed E-state index contributed by atoms with van der Waals surface area (Å²) in [4.78, 5) is 14.8. The Kier molecular flexibility index (Phi) is 5.74. The number of rotatable bonds is 7. The molecule has 1 aliphatic rings. The minimum absolute atomic E-state index is 0.0392. The van der Waals surface area contributed by atoms with Gasteiger partial charge in [-0.3, -0.25) is 10.1 Å². The van der Waals surface area contributed by atoms with Crippen LogP contribution < -0.4 is 10.6 Å². The highest BCUT2D eigenvalue weighted by atomic mass is 16.6. The van der Waals surface area contributed by atoms with Gasteiger partial charge in [0, 0.05) is 19.7 Å². The summed E-state index contributed by atoms with van der Waals surface area (Å²) in [5.41, 5.74) is 0.0392. The second-order valence-corrected chi connectivity index (χ2v) is 5.09. The lowest BCUT2D eigenvalue weighted by Gasteiger charge is -2.22. The lowest BCUT2D eigenvalue weighted by Crippen LogP contribution is -2.22. The summed E-state index contributed by atoms with van der Waals surface area (Å²) in [6.07, 6.45) is 4.62. The molecular formula is C14H22N4O3. The van der Waals surface area contributed by atoms with Crippen molar-refractivity contribution < 1.29 is 9.66 Å². The Morgan fingerprint density at radius 2 is 2.14 bits per heavy atom. The van der Waals surface area contributed by atoms with Gasteiger partial charge >= 0.3 is 0 Å². The topological polar surface area (TPSA) is 89.3 Å². The first-order valence-electron chi connectivity index (χ1n) is 7.45. The van der Waals surface area contributed by atoms with E-state index in [1.807, 2.05) is 6.92 Å². The molecule has 2 N–H and O–H groups in total. The molecule has 1 aliphatic heterocycles. The molecule has 2 heterocycles. The summed E-state index contributed by atoms with van der Waals surface area (Å²) in [6.45, 7) is 4.13. The van der Waals surface area contributed by atoms with E-state index in [1.165, 1.54) is 18.6 Å². The van der Waals surface area contributed by atoms with Crippen LogP contribution in [-0.4, -0.2) is 35.7 Å². The summed E-state index contributed by atoms with van der Waals surface area (Å²) in [5, 5.41) is 17.1. The fourth-order valence-corrected chi connectivity index (χ4v) is 2.38. The van der Waals surface area contributed by atoms with Gasteiger partial charge in [0.25, 0.3) is 5.69 Å². The van der Waals surface area contributed by atoms with Gasteiger partial charge in [0.1, 0.15) is 11.6 Å². The summed E-state index contributed by atoms with van der Waals surface area (Å²) in [5.74, 6) is 1.04. The highest BCUT2D eigenvalue weighted by Gasteiger charge is 2.14. The van der Waals surface area contributed by atoms with E-state index in [0.717, 1.165) is 25.9 Å². The molecule has 0 saturated carbocycles. The van der Waals surface area contributed by atoms with Crippen molar-refractivity contribution in [1.29, 1.82) is 0 Å². The first-order chi connectivity index (χ1) is 10.2. The van der Waals surface area contributed by atoms with Gasteiger partial charge in [0.2, 0.25) is 0 Å². The minimum atomic E-state index is -0.405. The Morgan fingerprint density at radius 1 is 1.38 bits per heavy atom. The minimum Gasteiger partial charge on any atom is -0.378 e. The highest BCUT2D eigenvalue weighted by Crippen LogP contribution is 2.21. The van der Waals surface area contributed by atoms with Crippen LogP contribution in [-0.2, 0) is 4.74 Å². The van der Waals surface area contributed by atoms with Crippen molar-refractivity contribution in [2.45, 2.75) is 38.7 Å². The van der Waals surface area contributed by atoms with Crippen LogP contribution in [0, 0.1) is 10.1 Å². The Labute approximate surface area is 124 Å². The van der Waals surface area contributed by atoms with Crippen LogP contribution in [0.4, 0.5) is 17.3 Å². The van der Waals surface area contributed by atoms with Crippen LogP contribution in [0.5, 0.6) is 0 Å². The van der Waals surface area contributed by atoms with Crippen molar-refractivity contribution in [2.24, 2.45) is 0 Å². The normalized spacial score (nSPS) is 18.2. The largest absolute Gasteiger partial charge is 0.378 e. The second-order valence-electron chi connectivity index (χ2n) is 5.09. The lowest BCUT2D eigenvalue weighted by atomic mass is 10.1. The molecule has 7 nitrogen and oxygen atoms in total. The monoisotopic (exact) mass is 294 g/mol. The quantitative estimate of drug-likeness (QED) is 0.593. The predicted molar refractivity (Wildman–Crippen MR) is 81.8 cm³/mol. The summed E-state index contributed by atoms with van der Waals surface area (Å²) in [7, 11) is 0. The smallest absolute Gasteiger partial charge is 0.276 e. The molecule has 116 valence electrons. The van der Waals surface area contributed by atoms with Crippen LogP contribution in [0.15, 0.2) is 12.1 Å². The third-order valence-electron chi connectivity index (χ3n) is 3.43. The van der Waals surface area contributed by atoms with Gasteiger partial charge in [-0.05, 0) is 32.6 Å². The fraction of sp³-hybridized carbons (Fsp3) is 0.643. The molecule has 0 bridgehead atoms. The van der Waals surface area contributed by atoms with Crippen molar-refractivity contribution in [3.63, 3.8) is 0 Å². The third kappa shape index (κ3) is 4.86. The molecule has 7 heteroatoms. The third-order valence-corrected chi connectivity index (χ3v) is 3.43. The number of ether oxygens (including phenoxy) is 1. The zero-order chi connectivity index (χ0) is 15.1. The Bertz CT molecular complexity index is 475. The van der Waals surface area contributed by atoms with Crippen LogP contribution >= 0.6 is 0 Å². The Hall–Kier alpha value is -1.89. The number of nitro groups is 1. The van der Waals surface area contributed by atoms with Crippen molar-refractivity contribution in [1.82, 2.24) is 4.98 Å². The van der Waals surface area contributed by atoms with E-state index < -0.39 is 4.92 Å². The van der Waals surface area contributed by atoms with Crippen LogP contribution in [0.2, 0.25) is 0 Å². The zero-order valence-corrected chi connectivity index (χ0v) is 12.3. The molecule has 1 saturated heterocycles. The second kappa shape index (κ2) is 7.78. The first kappa shape index (κ1) is 15.5. The number of aromatic nitrogens is 1. The van der Waals surface area contributed by atoms with E-state index in [4.69, 9.17) is 4.74 Å². The number of anilines is 2. The van der Waals surface area contributed by atoms with Crippen molar-refractivity contribution in [3.05, 3.63) is 22.2 Å². The summed E-state index contributed by atoms with van der Waals surface area (Å²) in [6, 6.07) is 2.90. The van der Waals surface area contributed by atoms with Gasteiger partial charge in [-0.2, -0.15) is 0 Å². The number of hydrogen-bond donors (Lipinski definition) is 2. The summed E-state index contributed by atoms with van der Waals surface area (Å²) >= 11 is 0. The Balaban J connectivity index is 1.92. The van der Waals surface area contributed by atoms with E-state index in [1.54, 1.807) is 0 Å². The van der Waals surface area contributed by atoms with Crippen molar-refractivity contribution >= 4 is 17.3 Å². The predicted octanol–water partition coefficient (Wildman–Crippen LogP) is 2.79. The average Bonchev–Trinajstić information content (AvgIpc) is 2.48. The van der Waals surface area contributed by atoms with E-state index in [2.05, 4.69) is 15.6 Å². The maximum Gasteiger partial charge on any atom is 0.276 e. The molecule has 0 spiro atoms. The summed E-state index contributed by atoms with van der Waals surface area (Å²) < 4.78 is 5.66. The highest BCUT2D eigenvalue weighted by molar-refractivity contribution is 5.54. The molecule has 0 aliphatic carbocycles. The molecule has 0 radical (unpaired) electrons. The molecule has 1 fully saturated rings. The van der Waals surface area contributed by atoms with Gasteiger partial charge in [0.15, 0.2) is 0 Å². The van der Waals surface area contributed by atoms with Crippen molar-refractivity contribution in [3.8, 4) is 0 Å². The van der Waals surface area contributed by atoms with E-state index >= 15 is 0 Å². The molecule has 0 aromatic carbocycles. The zero-order valence-electron chi connectivity index (χ0n) is 12.3. The van der Waals surface area contributed by atoms with Crippen molar-refractivity contribution in [2.75, 3.05) is 30.3 Å². The molecule has 21 heavy (non-hydrogen) atoms. The molecular weight excluding hydrogens is 272 g/mol. The van der Waals surface area contributed by atoms with Gasteiger partial charge in [-0.15, -0.1) is 0 Å². The molecule has 0 amide bonds. The SMILES string of the molecule is CCNc1cc([N+](=O)[O-])cc(NCCC2CCCCO2)n1. The van der Waals surface area contributed by atoms with E-state index in [-0.39, 0.29) is 11.8 Å². The number of nitrogens with zero attached hydrogens (tertiary/aromatic N) is 2. The number of pyridine rings is 1. The average molecular weight is 294 g/mol. The molecule has 1 unspecified atom stereocenters. The maximum absolute atomic E-state index is 10.9. The van der Waals surface area contributed by atoms with Gasteiger partial charge in [-0.25, -0.2) is 4.98 Å². The van der Waals surface area contributed by atoms with E-state index in [9.17, 15) is 10.1 Å². The standard InChI is InChI=1S/C14H22N4O3/c1-2-15-13-9-11(18(19)20)10-14(17-13)16-7-6-12-5-3-4-8-21-12/h9-10,12H,2-8H2,1H3,(H2,15,16,17). The van der Waals surface area contributed by atoms with Gasteiger partial charge in [-0.1, -0.05) is 0 Å². The maximum atomic E-state index is 10.9. The Morgan fingerprint density at radius 3 is 2.76 bits per heavy atom. The van der Waals surface area contributed by atoms with Crippen LogP contribution in [0.1, 0.15) is 32.6 Å². The van der Waals surface area contributed by atoms with Crippen LogP contribution in [0.3, 0.4) is 0 Å². The molecule has 2 rings (SSSR count). The molecule has 1 aromatic rings. The fourth-order valence-electron chi connectivity index (χ4n) is 2.38. The molecule has 1 atom stereocenters. The van der Waals surface area contributed by atoms with Gasteiger partial charge in [0.05, 0.1) is 23.2 Å². The first-order valence-corrected chi connectivity index (χ1v) is 7.45. The van der Waals surface area contributed by atoms with Crippen LogP contribution in [0.25, 0.3) is 0 Å². The number of nitrogens with one attached hydrogen (secondary N) is 2. The van der Waals surface area contributed by atoms with Gasteiger partial charge < -0.3 is 15.4 Å². The van der Waals surface area contributed by atoms with E-state index in [0.29, 0.717) is 24.7 Å². The number of hydrogen-bond acceptors (Lipinski definition) is 6. The lowest BCUT2D eigenvalue weighted by molar-refractivity contribution is -0.384. The molecule has 1 aromatic heterocycles.